The molecule has 2 aliphatic rings. The molecule has 0 amide bonds. The van der Waals surface area contributed by atoms with Gasteiger partial charge in [0, 0.05) is 26.2 Å². The summed E-state index contributed by atoms with van der Waals surface area (Å²) in [6.45, 7) is 8.40. The number of likely N-dealkylation sites (tertiary alicyclic amines) is 1. The first kappa shape index (κ1) is 14.3. The minimum atomic E-state index is 0.372. The Morgan fingerprint density at radius 3 is 2.67 bits per heavy atom. The Morgan fingerprint density at radius 1 is 1.28 bits per heavy atom. The first-order valence-corrected chi connectivity index (χ1v) is 7.82. The van der Waals surface area contributed by atoms with Gasteiger partial charge in [0.25, 0.3) is 0 Å². The maximum atomic E-state index is 9.26. The topological polar surface area (TPSA) is 35.5 Å². The summed E-state index contributed by atoms with van der Waals surface area (Å²) in [4.78, 5) is 2.60. The van der Waals surface area contributed by atoms with Crippen molar-refractivity contribution in [3.8, 4) is 0 Å². The van der Waals surface area contributed by atoms with Crippen molar-refractivity contribution in [3.05, 3.63) is 0 Å². The van der Waals surface area contributed by atoms with Crippen molar-refractivity contribution in [1.29, 1.82) is 0 Å². The number of aliphatic hydroxyl groups is 1. The first-order chi connectivity index (χ1) is 8.78. The van der Waals surface area contributed by atoms with E-state index in [1.54, 1.807) is 0 Å². The average Bonchev–Trinajstić information content (AvgIpc) is 2.85. The number of hydrogen-bond acceptors (Lipinski definition) is 3. The molecule has 1 aliphatic carbocycles. The summed E-state index contributed by atoms with van der Waals surface area (Å²) < 4.78 is 0. The van der Waals surface area contributed by atoms with Crippen LogP contribution in [0.5, 0.6) is 0 Å². The third-order valence-electron chi connectivity index (χ3n) is 4.85. The molecule has 2 N–H and O–H groups in total. The van der Waals surface area contributed by atoms with Gasteiger partial charge in [-0.25, -0.2) is 0 Å². The summed E-state index contributed by atoms with van der Waals surface area (Å²) in [5, 5.41) is 12.8. The van der Waals surface area contributed by atoms with E-state index >= 15 is 0 Å². The van der Waals surface area contributed by atoms with Gasteiger partial charge in [0.15, 0.2) is 0 Å². The fraction of sp³-hybridized carbons (Fsp3) is 1.00. The number of hydrogen-bond donors (Lipinski definition) is 2. The number of aliphatic hydroxyl groups excluding tert-OH is 1. The molecule has 2 rings (SSSR count). The molecule has 0 aromatic rings. The Balaban J connectivity index is 1.88. The second-order valence-corrected chi connectivity index (χ2v) is 6.41. The van der Waals surface area contributed by atoms with Gasteiger partial charge in [0.2, 0.25) is 0 Å². The lowest BCUT2D eigenvalue weighted by atomic mass is 9.73. The molecular formula is C15H30N2O. The fourth-order valence-corrected chi connectivity index (χ4v) is 3.76. The van der Waals surface area contributed by atoms with Crippen LogP contribution in [0.1, 0.15) is 45.4 Å². The van der Waals surface area contributed by atoms with Crippen molar-refractivity contribution in [3.63, 3.8) is 0 Å². The number of rotatable bonds is 6. The highest BCUT2D eigenvalue weighted by atomic mass is 16.3. The van der Waals surface area contributed by atoms with Crippen molar-refractivity contribution < 1.29 is 5.11 Å². The summed E-state index contributed by atoms with van der Waals surface area (Å²) in [6, 6.07) is 0. The highest BCUT2D eigenvalue weighted by Crippen LogP contribution is 2.37. The van der Waals surface area contributed by atoms with E-state index in [4.69, 9.17) is 0 Å². The zero-order valence-electron chi connectivity index (χ0n) is 12.0. The van der Waals surface area contributed by atoms with Crippen molar-refractivity contribution in [2.45, 2.75) is 45.4 Å². The second kappa shape index (κ2) is 6.88. The molecule has 106 valence electrons. The second-order valence-electron chi connectivity index (χ2n) is 6.41. The standard InChI is InChI=1S/C15H30N2O/c1-2-16-12-15(7-4-3-5-8-15)13-17-9-6-14(10-17)11-18/h14,16,18H,2-13H2,1H3. The van der Waals surface area contributed by atoms with E-state index in [-0.39, 0.29) is 0 Å². The van der Waals surface area contributed by atoms with E-state index in [9.17, 15) is 5.11 Å². The van der Waals surface area contributed by atoms with Crippen LogP contribution in [0, 0.1) is 11.3 Å². The Labute approximate surface area is 112 Å². The van der Waals surface area contributed by atoms with Crippen LogP contribution in [-0.2, 0) is 0 Å². The lowest BCUT2D eigenvalue weighted by molar-refractivity contribution is 0.112. The van der Waals surface area contributed by atoms with Gasteiger partial charge in [-0.15, -0.1) is 0 Å². The van der Waals surface area contributed by atoms with Crippen LogP contribution in [0.2, 0.25) is 0 Å². The lowest BCUT2D eigenvalue weighted by Gasteiger charge is -2.40. The van der Waals surface area contributed by atoms with E-state index in [0.29, 0.717) is 17.9 Å². The summed E-state index contributed by atoms with van der Waals surface area (Å²) in [7, 11) is 0. The minimum absolute atomic E-state index is 0.372. The normalized spacial score (nSPS) is 28.7. The number of nitrogens with one attached hydrogen (secondary N) is 1. The van der Waals surface area contributed by atoms with Crippen LogP contribution in [0.4, 0.5) is 0 Å². The minimum Gasteiger partial charge on any atom is -0.396 e. The molecule has 1 saturated carbocycles. The van der Waals surface area contributed by atoms with E-state index in [1.807, 2.05) is 0 Å². The molecule has 0 bridgehead atoms. The Kier molecular flexibility index (Phi) is 5.46. The molecule has 1 heterocycles. The van der Waals surface area contributed by atoms with Gasteiger partial charge in [-0.1, -0.05) is 26.2 Å². The largest absolute Gasteiger partial charge is 0.396 e. The lowest BCUT2D eigenvalue weighted by Crippen LogP contribution is -2.45. The molecule has 0 radical (unpaired) electrons. The molecule has 3 heteroatoms. The zero-order valence-corrected chi connectivity index (χ0v) is 12.0. The molecule has 2 fully saturated rings. The highest BCUT2D eigenvalue weighted by Gasteiger charge is 2.35. The predicted molar refractivity (Wildman–Crippen MR) is 75.7 cm³/mol. The molecular weight excluding hydrogens is 224 g/mol. The van der Waals surface area contributed by atoms with Crippen LogP contribution < -0.4 is 5.32 Å². The molecule has 0 aromatic carbocycles. The van der Waals surface area contributed by atoms with Crippen molar-refractivity contribution in [2.24, 2.45) is 11.3 Å². The SMILES string of the molecule is CCNCC1(CN2CCC(CO)C2)CCCCC1. The number of nitrogens with zero attached hydrogens (tertiary/aromatic N) is 1. The predicted octanol–water partition coefficient (Wildman–Crippen LogP) is 1.86. The van der Waals surface area contributed by atoms with Gasteiger partial charge in [-0.2, -0.15) is 0 Å². The molecule has 0 spiro atoms. The van der Waals surface area contributed by atoms with E-state index in [0.717, 1.165) is 13.1 Å². The van der Waals surface area contributed by atoms with Gasteiger partial charge in [0.1, 0.15) is 0 Å². The van der Waals surface area contributed by atoms with Crippen LogP contribution in [0.25, 0.3) is 0 Å². The zero-order chi connectivity index (χ0) is 12.8. The van der Waals surface area contributed by atoms with Crippen molar-refractivity contribution in [1.82, 2.24) is 10.2 Å². The van der Waals surface area contributed by atoms with E-state index < -0.39 is 0 Å². The van der Waals surface area contributed by atoms with Gasteiger partial charge in [-0.3, -0.25) is 0 Å². The van der Waals surface area contributed by atoms with Gasteiger partial charge >= 0.3 is 0 Å². The third-order valence-corrected chi connectivity index (χ3v) is 4.85. The Bertz CT molecular complexity index is 239. The summed E-state index contributed by atoms with van der Waals surface area (Å²) in [5.41, 5.74) is 0.513. The molecule has 1 atom stereocenters. The van der Waals surface area contributed by atoms with Gasteiger partial charge in [-0.05, 0) is 43.7 Å². The van der Waals surface area contributed by atoms with Crippen molar-refractivity contribution >= 4 is 0 Å². The third kappa shape index (κ3) is 3.69. The molecule has 3 nitrogen and oxygen atoms in total. The smallest absolute Gasteiger partial charge is 0.0471 e. The van der Waals surface area contributed by atoms with Gasteiger partial charge in [0.05, 0.1) is 0 Å². The molecule has 1 aliphatic heterocycles. The first-order valence-electron chi connectivity index (χ1n) is 7.82. The van der Waals surface area contributed by atoms with Crippen LogP contribution in [0.15, 0.2) is 0 Å². The Morgan fingerprint density at radius 2 is 2.06 bits per heavy atom. The Hall–Kier alpha value is -0.120. The summed E-state index contributed by atoms with van der Waals surface area (Å²) >= 11 is 0. The fourth-order valence-electron chi connectivity index (χ4n) is 3.76. The maximum absolute atomic E-state index is 9.26. The van der Waals surface area contributed by atoms with E-state index in [2.05, 4.69) is 17.1 Å². The average molecular weight is 254 g/mol. The van der Waals surface area contributed by atoms with Crippen LogP contribution >= 0.6 is 0 Å². The quantitative estimate of drug-likeness (QED) is 0.759. The molecule has 0 aromatic heterocycles. The van der Waals surface area contributed by atoms with Crippen LogP contribution in [0.3, 0.4) is 0 Å². The summed E-state index contributed by atoms with van der Waals surface area (Å²) in [6.07, 6.45) is 8.20. The maximum Gasteiger partial charge on any atom is 0.0471 e. The van der Waals surface area contributed by atoms with Crippen molar-refractivity contribution in [2.75, 3.05) is 39.3 Å². The molecule has 1 unspecified atom stereocenters. The van der Waals surface area contributed by atoms with E-state index in [1.165, 1.54) is 58.2 Å². The van der Waals surface area contributed by atoms with Gasteiger partial charge < -0.3 is 15.3 Å². The monoisotopic (exact) mass is 254 g/mol. The van der Waals surface area contributed by atoms with Crippen LogP contribution in [-0.4, -0.2) is 49.3 Å². The summed E-state index contributed by atoms with van der Waals surface area (Å²) in [5.74, 6) is 0.532. The molecule has 18 heavy (non-hydrogen) atoms. The highest BCUT2D eigenvalue weighted by molar-refractivity contribution is 4.89. The molecule has 1 saturated heterocycles.